The summed E-state index contributed by atoms with van der Waals surface area (Å²) >= 11 is 0. The first kappa shape index (κ1) is 16.8. The van der Waals surface area contributed by atoms with Crippen LogP contribution >= 0.6 is 0 Å². The second-order valence-electron chi connectivity index (χ2n) is 5.66. The molecule has 0 spiro atoms. The summed E-state index contributed by atoms with van der Waals surface area (Å²) in [4.78, 5) is 23.8. The molecule has 0 saturated heterocycles. The van der Waals surface area contributed by atoms with Crippen molar-refractivity contribution in [3.8, 4) is 0 Å². The molecule has 6 heteroatoms. The summed E-state index contributed by atoms with van der Waals surface area (Å²) in [5.41, 5.74) is 0. The molecule has 0 heterocycles. The van der Waals surface area contributed by atoms with Gasteiger partial charge in [-0.3, -0.25) is 4.79 Å². The third-order valence-corrected chi connectivity index (χ3v) is 3.42. The molecule has 2 N–H and O–H groups in total. The van der Waals surface area contributed by atoms with Gasteiger partial charge in [0.2, 0.25) is 0 Å². The number of likely N-dealkylation sites (N-methyl/N-ethyl adjacent to an activating group) is 1. The van der Waals surface area contributed by atoms with E-state index in [0.29, 0.717) is 26.1 Å². The molecule has 6 nitrogen and oxygen atoms in total. The lowest BCUT2D eigenvalue weighted by Crippen LogP contribution is -2.40. The van der Waals surface area contributed by atoms with Gasteiger partial charge in [0, 0.05) is 33.2 Å². The molecule has 1 saturated carbocycles. The standard InChI is InChI=1S/C14H26N2O4/c1-11(3-6-13(17)18)9-15-14(19)16(2)7-8-20-10-12-4-5-12/h11-12H,3-10H2,1-2H3,(H,15,19)(H,17,18). The summed E-state index contributed by atoms with van der Waals surface area (Å²) < 4.78 is 5.48. The fraction of sp³-hybridized carbons (Fsp3) is 0.857. The summed E-state index contributed by atoms with van der Waals surface area (Å²) in [6.45, 7) is 4.38. The molecule has 116 valence electrons. The molecule has 0 aromatic carbocycles. The predicted octanol–water partition coefficient (Wildman–Crippen LogP) is 1.56. The molecule has 1 rings (SSSR count). The van der Waals surface area contributed by atoms with Gasteiger partial charge in [0.1, 0.15) is 0 Å². The molecular weight excluding hydrogens is 260 g/mol. The van der Waals surface area contributed by atoms with E-state index in [2.05, 4.69) is 5.32 Å². The van der Waals surface area contributed by atoms with E-state index in [-0.39, 0.29) is 18.4 Å². The summed E-state index contributed by atoms with van der Waals surface area (Å²) in [6, 6.07) is -0.137. The van der Waals surface area contributed by atoms with Crippen LogP contribution in [0.2, 0.25) is 0 Å². The number of carbonyl (C=O) groups is 2. The quantitative estimate of drug-likeness (QED) is 0.597. The van der Waals surface area contributed by atoms with Crippen molar-refractivity contribution in [1.82, 2.24) is 10.2 Å². The molecule has 0 aromatic rings. The molecular formula is C14H26N2O4. The Morgan fingerprint density at radius 2 is 2.15 bits per heavy atom. The van der Waals surface area contributed by atoms with Crippen LogP contribution in [0.15, 0.2) is 0 Å². The van der Waals surface area contributed by atoms with E-state index in [1.807, 2.05) is 6.92 Å². The third-order valence-electron chi connectivity index (χ3n) is 3.42. The van der Waals surface area contributed by atoms with Gasteiger partial charge in [0.15, 0.2) is 0 Å². The van der Waals surface area contributed by atoms with Crippen LogP contribution in [0.1, 0.15) is 32.6 Å². The summed E-state index contributed by atoms with van der Waals surface area (Å²) in [6.07, 6.45) is 3.25. The van der Waals surface area contributed by atoms with E-state index in [1.54, 1.807) is 11.9 Å². The zero-order valence-electron chi connectivity index (χ0n) is 12.4. The van der Waals surface area contributed by atoms with Gasteiger partial charge in [-0.05, 0) is 31.1 Å². The van der Waals surface area contributed by atoms with Gasteiger partial charge in [-0.15, -0.1) is 0 Å². The largest absolute Gasteiger partial charge is 0.481 e. The first-order chi connectivity index (χ1) is 9.49. The van der Waals surface area contributed by atoms with Crippen LogP contribution in [0.4, 0.5) is 4.79 Å². The Morgan fingerprint density at radius 3 is 2.75 bits per heavy atom. The maximum Gasteiger partial charge on any atom is 0.317 e. The highest BCUT2D eigenvalue weighted by molar-refractivity contribution is 5.73. The number of nitrogens with one attached hydrogen (secondary N) is 1. The fourth-order valence-electron chi connectivity index (χ4n) is 1.71. The Labute approximate surface area is 120 Å². The Bertz CT molecular complexity index is 318. The molecule has 20 heavy (non-hydrogen) atoms. The molecule has 0 bridgehead atoms. The number of carbonyl (C=O) groups excluding carboxylic acids is 1. The average Bonchev–Trinajstić information content (AvgIpc) is 3.22. The highest BCUT2D eigenvalue weighted by Crippen LogP contribution is 2.28. The minimum Gasteiger partial charge on any atom is -0.481 e. The van der Waals surface area contributed by atoms with Gasteiger partial charge in [-0.2, -0.15) is 0 Å². The summed E-state index contributed by atoms with van der Waals surface area (Å²) in [7, 11) is 1.73. The normalized spacial score (nSPS) is 15.7. The molecule has 1 aliphatic rings. The van der Waals surface area contributed by atoms with Crippen LogP contribution in [-0.2, 0) is 9.53 Å². The number of urea groups is 1. The van der Waals surface area contributed by atoms with Crippen LogP contribution in [0, 0.1) is 11.8 Å². The molecule has 1 atom stereocenters. The maximum atomic E-state index is 11.8. The van der Waals surface area contributed by atoms with Gasteiger partial charge in [0.05, 0.1) is 6.61 Å². The smallest absolute Gasteiger partial charge is 0.317 e. The Balaban J connectivity index is 2.02. The van der Waals surface area contributed by atoms with E-state index in [0.717, 1.165) is 12.5 Å². The topological polar surface area (TPSA) is 78.9 Å². The lowest BCUT2D eigenvalue weighted by molar-refractivity contribution is -0.137. The van der Waals surface area contributed by atoms with Crippen LogP contribution in [-0.4, -0.2) is 55.4 Å². The Hall–Kier alpha value is -1.30. The van der Waals surface area contributed by atoms with Crippen LogP contribution in [0.3, 0.4) is 0 Å². The fourth-order valence-corrected chi connectivity index (χ4v) is 1.71. The van der Waals surface area contributed by atoms with Crippen molar-refractivity contribution in [2.24, 2.45) is 11.8 Å². The van der Waals surface area contributed by atoms with Crippen LogP contribution in [0.25, 0.3) is 0 Å². The van der Waals surface area contributed by atoms with E-state index in [4.69, 9.17) is 9.84 Å². The summed E-state index contributed by atoms with van der Waals surface area (Å²) in [5.74, 6) is 0.104. The van der Waals surface area contributed by atoms with Gasteiger partial charge >= 0.3 is 12.0 Å². The second-order valence-corrected chi connectivity index (χ2v) is 5.66. The van der Waals surface area contributed by atoms with E-state index in [9.17, 15) is 9.59 Å². The Kier molecular flexibility index (Phi) is 7.36. The first-order valence-corrected chi connectivity index (χ1v) is 7.27. The number of amides is 2. The third kappa shape index (κ3) is 7.99. The SMILES string of the molecule is CC(CCC(=O)O)CNC(=O)N(C)CCOCC1CC1. The first-order valence-electron chi connectivity index (χ1n) is 7.27. The van der Waals surface area contributed by atoms with E-state index >= 15 is 0 Å². The lowest BCUT2D eigenvalue weighted by Gasteiger charge is -2.19. The van der Waals surface area contributed by atoms with Crippen molar-refractivity contribution in [1.29, 1.82) is 0 Å². The molecule has 0 aliphatic heterocycles. The Morgan fingerprint density at radius 1 is 1.45 bits per heavy atom. The van der Waals surface area contributed by atoms with Crippen molar-refractivity contribution in [3.63, 3.8) is 0 Å². The lowest BCUT2D eigenvalue weighted by atomic mass is 10.1. The number of carboxylic acids is 1. The molecule has 1 fully saturated rings. The van der Waals surface area contributed by atoms with E-state index in [1.165, 1.54) is 12.8 Å². The second kappa shape index (κ2) is 8.79. The van der Waals surface area contributed by atoms with Crippen molar-refractivity contribution in [2.75, 3.05) is 33.4 Å². The van der Waals surface area contributed by atoms with Crippen molar-refractivity contribution in [3.05, 3.63) is 0 Å². The number of nitrogens with zero attached hydrogens (tertiary/aromatic N) is 1. The number of aliphatic carboxylic acids is 1. The summed E-state index contributed by atoms with van der Waals surface area (Å²) in [5, 5.41) is 11.4. The van der Waals surface area contributed by atoms with Crippen molar-refractivity contribution in [2.45, 2.75) is 32.6 Å². The number of rotatable bonds is 10. The number of hydrogen-bond acceptors (Lipinski definition) is 3. The van der Waals surface area contributed by atoms with E-state index < -0.39 is 5.97 Å². The van der Waals surface area contributed by atoms with Gasteiger partial charge in [-0.25, -0.2) is 4.79 Å². The van der Waals surface area contributed by atoms with Crippen LogP contribution in [0.5, 0.6) is 0 Å². The molecule has 1 aliphatic carbocycles. The highest BCUT2D eigenvalue weighted by atomic mass is 16.5. The molecule has 1 unspecified atom stereocenters. The predicted molar refractivity (Wildman–Crippen MR) is 75.6 cm³/mol. The minimum absolute atomic E-state index is 0.137. The maximum absolute atomic E-state index is 11.8. The van der Waals surface area contributed by atoms with Gasteiger partial charge in [-0.1, -0.05) is 6.92 Å². The van der Waals surface area contributed by atoms with Gasteiger partial charge < -0.3 is 20.1 Å². The zero-order chi connectivity index (χ0) is 15.0. The molecule has 2 amide bonds. The van der Waals surface area contributed by atoms with Crippen LogP contribution < -0.4 is 5.32 Å². The highest BCUT2D eigenvalue weighted by Gasteiger charge is 2.21. The number of hydrogen-bond donors (Lipinski definition) is 2. The number of carboxylic acid groups (broad SMARTS) is 1. The minimum atomic E-state index is -0.798. The zero-order valence-corrected chi connectivity index (χ0v) is 12.4. The van der Waals surface area contributed by atoms with Crippen molar-refractivity contribution < 1.29 is 19.4 Å². The molecule has 0 radical (unpaired) electrons. The average molecular weight is 286 g/mol. The monoisotopic (exact) mass is 286 g/mol. The van der Waals surface area contributed by atoms with Gasteiger partial charge in [0.25, 0.3) is 0 Å². The number of ether oxygens (including phenoxy) is 1. The van der Waals surface area contributed by atoms with Crippen molar-refractivity contribution >= 4 is 12.0 Å². The molecule has 0 aromatic heterocycles.